The Hall–Kier alpha value is -1.62. The van der Waals surface area contributed by atoms with Crippen molar-refractivity contribution >= 4 is 5.91 Å². The van der Waals surface area contributed by atoms with Gasteiger partial charge in [0.25, 0.3) is 5.91 Å². The number of fused-ring (bicyclic) bond motifs is 1. The largest absolute Gasteiger partial charge is 0.327 e. The Kier molecular flexibility index (Phi) is 5.39. The number of carbonyl (C=O) groups is 1. The number of nitrogens with zero attached hydrogens (tertiary/aromatic N) is 4. The highest BCUT2D eigenvalue weighted by atomic mass is 16.2. The van der Waals surface area contributed by atoms with Crippen molar-refractivity contribution in [1.29, 1.82) is 0 Å². The van der Waals surface area contributed by atoms with E-state index in [4.69, 9.17) is 0 Å². The monoisotopic (exact) mass is 330 g/mol. The van der Waals surface area contributed by atoms with Gasteiger partial charge in [0, 0.05) is 32.2 Å². The van der Waals surface area contributed by atoms with E-state index in [1.165, 1.54) is 5.69 Å². The average molecular weight is 330 g/mol. The summed E-state index contributed by atoms with van der Waals surface area (Å²) in [4.78, 5) is 17.4. The topological polar surface area (TPSA) is 41.4 Å². The second-order valence-electron chi connectivity index (χ2n) is 7.26. The first-order valence-corrected chi connectivity index (χ1v) is 9.38. The van der Waals surface area contributed by atoms with E-state index in [1.54, 1.807) is 0 Å². The normalized spacial score (nSPS) is 21.3. The van der Waals surface area contributed by atoms with E-state index in [2.05, 4.69) is 42.9 Å². The maximum absolute atomic E-state index is 12.9. The van der Waals surface area contributed by atoms with Crippen LogP contribution in [0.4, 0.5) is 0 Å². The molecule has 3 heterocycles. The van der Waals surface area contributed by atoms with Crippen LogP contribution in [0.25, 0.3) is 0 Å². The number of hydrogen-bond acceptors (Lipinski definition) is 3. The fourth-order valence-corrected chi connectivity index (χ4v) is 3.65. The summed E-state index contributed by atoms with van der Waals surface area (Å²) in [7, 11) is 0. The molecule has 0 spiro atoms. The molecule has 0 bridgehead atoms. The maximum atomic E-state index is 12.9. The Balaban J connectivity index is 1.74. The molecule has 0 saturated carbocycles. The van der Waals surface area contributed by atoms with Gasteiger partial charge in [0.2, 0.25) is 0 Å². The van der Waals surface area contributed by atoms with Crippen molar-refractivity contribution < 1.29 is 4.79 Å². The summed E-state index contributed by atoms with van der Waals surface area (Å²) >= 11 is 0. The lowest BCUT2D eigenvalue weighted by Crippen LogP contribution is -2.36. The molecule has 0 aliphatic carbocycles. The van der Waals surface area contributed by atoms with Crippen molar-refractivity contribution in [2.75, 3.05) is 13.1 Å². The maximum Gasteiger partial charge on any atom is 0.275 e. The van der Waals surface area contributed by atoms with Gasteiger partial charge in [-0.05, 0) is 32.8 Å². The van der Waals surface area contributed by atoms with Crippen LogP contribution in [0.5, 0.6) is 0 Å². The molecule has 0 aromatic carbocycles. The molecule has 2 aliphatic heterocycles. The zero-order valence-electron chi connectivity index (χ0n) is 15.2. The molecule has 5 nitrogen and oxygen atoms in total. The summed E-state index contributed by atoms with van der Waals surface area (Å²) in [5.41, 5.74) is 1.78. The van der Waals surface area contributed by atoms with Crippen LogP contribution in [-0.4, -0.2) is 50.7 Å². The molecule has 2 aliphatic rings. The van der Waals surface area contributed by atoms with Gasteiger partial charge in [-0.15, -0.1) is 0 Å². The summed E-state index contributed by atoms with van der Waals surface area (Å²) in [6.45, 7) is 10.3. The summed E-state index contributed by atoms with van der Waals surface area (Å²) < 4.78 is 2.04. The van der Waals surface area contributed by atoms with E-state index >= 15 is 0 Å². The third-order valence-electron chi connectivity index (χ3n) is 5.17. The molecule has 0 N–H and O–H groups in total. The first-order chi connectivity index (χ1) is 11.6. The van der Waals surface area contributed by atoms with Crippen LogP contribution in [0.2, 0.25) is 0 Å². The SMILES string of the molecule is CCCC[C@H]1C=CCN1C(=O)c1cc2n(n1)CCCN(C(C)C)C2. The van der Waals surface area contributed by atoms with E-state index in [0.717, 1.165) is 45.3 Å². The third-order valence-corrected chi connectivity index (χ3v) is 5.17. The molecule has 3 rings (SSSR count). The highest BCUT2D eigenvalue weighted by Crippen LogP contribution is 2.21. The van der Waals surface area contributed by atoms with Crippen LogP contribution in [0, 0.1) is 0 Å². The predicted molar refractivity (Wildman–Crippen MR) is 95.9 cm³/mol. The van der Waals surface area contributed by atoms with E-state index in [0.29, 0.717) is 18.3 Å². The van der Waals surface area contributed by atoms with E-state index in [1.807, 2.05) is 15.6 Å². The summed E-state index contributed by atoms with van der Waals surface area (Å²) in [6, 6.07) is 2.77. The number of carbonyl (C=O) groups excluding carboxylic acids is 1. The Bertz CT molecular complexity index is 605. The van der Waals surface area contributed by atoms with Crippen molar-refractivity contribution in [3.63, 3.8) is 0 Å². The smallest absolute Gasteiger partial charge is 0.275 e. The highest BCUT2D eigenvalue weighted by Gasteiger charge is 2.28. The van der Waals surface area contributed by atoms with Crippen molar-refractivity contribution in [3.8, 4) is 0 Å². The van der Waals surface area contributed by atoms with Crippen LogP contribution in [0.3, 0.4) is 0 Å². The molecule has 1 aromatic rings. The van der Waals surface area contributed by atoms with Gasteiger partial charge in [0.05, 0.1) is 11.7 Å². The Morgan fingerprint density at radius 2 is 2.21 bits per heavy atom. The van der Waals surface area contributed by atoms with Gasteiger partial charge in [0.15, 0.2) is 5.69 Å². The number of aromatic nitrogens is 2. The second kappa shape index (κ2) is 7.51. The molecule has 1 atom stereocenters. The van der Waals surface area contributed by atoms with Gasteiger partial charge in [-0.3, -0.25) is 14.4 Å². The second-order valence-corrected chi connectivity index (χ2v) is 7.26. The number of hydrogen-bond donors (Lipinski definition) is 0. The molecule has 0 fully saturated rings. The first kappa shape index (κ1) is 17.2. The van der Waals surface area contributed by atoms with E-state index in [-0.39, 0.29) is 11.9 Å². The van der Waals surface area contributed by atoms with Crippen molar-refractivity contribution in [2.45, 2.75) is 71.6 Å². The Morgan fingerprint density at radius 1 is 1.38 bits per heavy atom. The minimum Gasteiger partial charge on any atom is -0.327 e. The molecule has 0 radical (unpaired) electrons. The van der Waals surface area contributed by atoms with E-state index in [9.17, 15) is 4.79 Å². The van der Waals surface area contributed by atoms with Gasteiger partial charge in [-0.25, -0.2) is 0 Å². The zero-order chi connectivity index (χ0) is 17.1. The molecule has 0 saturated heterocycles. The zero-order valence-corrected chi connectivity index (χ0v) is 15.2. The molecule has 132 valence electrons. The lowest BCUT2D eigenvalue weighted by atomic mass is 10.1. The summed E-state index contributed by atoms with van der Waals surface area (Å²) in [6.07, 6.45) is 8.74. The van der Waals surface area contributed by atoms with Crippen LogP contribution in [0.15, 0.2) is 18.2 Å². The average Bonchev–Trinajstić information content (AvgIpc) is 3.14. The number of unbranched alkanes of at least 4 members (excludes halogenated alkanes) is 1. The van der Waals surface area contributed by atoms with Crippen molar-refractivity contribution in [2.24, 2.45) is 0 Å². The van der Waals surface area contributed by atoms with Gasteiger partial charge in [-0.2, -0.15) is 5.10 Å². The Labute approximate surface area is 145 Å². The molecule has 5 heteroatoms. The molecular formula is C19H30N4O. The van der Waals surface area contributed by atoms with Gasteiger partial charge in [0.1, 0.15) is 0 Å². The molecular weight excluding hydrogens is 300 g/mol. The quantitative estimate of drug-likeness (QED) is 0.779. The number of amides is 1. The minimum absolute atomic E-state index is 0.0813. The fourth-order valence-electron chi connectivity index (χ4n) is 3.65. The fraction of sp³-hybridized carbons (Fsp3) is 0.684. The van der Waals surface area contributed by atoms with Crippen LogP contribution >= 0.6 is 0 Å². The summed E-state index contributed by atoms with van der Waals surface area (Å²) in [5, 5.41) is 4.63. The van der Waals surface area contributed by atoms with Crippen LogP contribution in [0.1, 0.15) is 62.6 Å². The van der Waals surface area contributed by atoms with Gasteiger partial charge >= 0.3 is 0 Å². The standard InChI is InChI=1S/C19H30N4O/c1-4-5-8-16-9-6-11-22(16)19(24)18-13-17-14-21(15(2)3)10-7-12-23(17)20-18/h6,9,13,15-16H,4-5,7-8,10-12,14H2,1-3H3/t16-/m0/s1. The minimum atomic E-state index is 0.0813. The lowest BCUT2D eigenvalue weighted by Gasteiger charge is -2.24. The summed E-state index contributed by atoms with van der Waals surface area (Å²) in [5.74, 6) is 0.0813. The lowest BCUT2D eigenvalue weighted by molar-refractivity contribution is 0.0736. The van der Waals surface area contributed by atoms with Crippen LogP contribution in [-0.2, 0) is 13.1 Å². The van der Waals surface area contributed by atoms with Crippen molar-refractivity contribution in [1.82, 2.24) is 19.6 Å². The van der Waals surface area contributed by atoms with Crippen molar-refractivity contribution in [3.05, 3.63) is 29.6 Å². The number of aryl methyl sites for hydroxylation is 1. The molecule has 1 aromatic heterocycles. The van der Waals surface area contributed by atoms with E-state index < -0.39 is 0 Å². The molecule has 1 amide bonds. The Morgan fingerprint density at radius 3 is 2.96 bits per heavy atom. The molecule has 24 heavy (non-hydrogen) atoms. The van der Waals surface area contributed by atoms with Gasteiger partial charge < -0.3 is 4.90 Å². The third kappa shape index (κ3) is 3.56. The van der Waals surface area contributed by atoms with Crippen LogP contribution < -0.4 is 0 Å². The predicted octanol–water partition coefficient (Wildman–Crippen LogP) is 3.07. The molecule has 0 unspecified atom stereocenters. The first-order valence-electron chi connectivity index (χ1n) is 9.38. The van der Waals surface area contributed by atoms with Gasteiger partial charge in [-0.1, -0.05) is 31.9 Å². The number of rotatable bonds is 5. The highest BCUT2D eigenvalue weighted by molar-refractivity contribution is 5.93.